The largest absolute Gasteiger partial charge is 0.295 e. The lowest BCUT2D eigenvalue weighted by molar-refractivity contribution is 0.101. The number of sulfonamides is 1. The molecule has 2 unspecified atom stereocenters. The van der Waals surface area contributed by atoms with Crippen molar-refractivity contribution in [1.82, 2.24) is 0 Å². The fourth-order valence-corrected chi connectivity index (χ4v) is 5.06. The molecule has 140 valence electrons. The van der Waals surface area contributed by atoms with Crippen LogP contribution in [0.3, 0.4) is 0 Å². The van der Waals surface area contributed by atoms with Crippen LogP contribution in [-0.4, -0.2) is 19.5 Å². The van der Waals surface area contributed by atoms with Crippen molar-refractivity contribution in [2.75, 3.05) is 0 Å². The number of rotatable bonds is 5. The summed E-state index contributed by atoms with van der Waals surface area (Å²) < 4.78 is 23.1. The molecule has 1 aromatic rings. The lowest BCUT2D eigenvalue weighted by Crippen LogP contribution is -2.33. The molecule has 3 rings (SSSR count). The molecule has 1 aromatic carbocycles. The molecule has 26 heavy (non-hydrogen) atoms. The molecule has 2 aliphatic carbocycles. The van der Waals surface area contributed by atoms with Gasteiger partial charge in [-0.1, -0.05) is 61.9 Å². The Labute approximate surface area is 156 Å². The van der Waals surface area contributed by atoms with Crippen LogP contribution in [0.1, 0.15) is 49.0 Å². The molecule has 4 nitrogen and oxygen atoms in total. The maximum atomic E-state index is 11.6. The van der Waals surface area contributed by atoms with Gasteiger partial charge in [0, 0.05) is 11.0 Å². The summed E-state index contributed by atoms with van der Waals surface area (Å²) in [4.78, 5) is 11.4. The van der Waals surface area contributed by atoms with Crippen LogP contribution in [0.2, 0.25) is 0 Å². The lowest BCUT2D eigenvalue weighted by Gasteiger charge is -2.36. The molecule has 0 spiro atoms. The number of hydrogen-bond donors (Lipinski definition) is 1. The van der Waals surface area contributed by atoms with E-state index >= 15 is 0 Å². The summed E-state index contributed by atoms with van der Waals surface area (Å²) in [5.74, 6) is 1.11. The Morgan fingerprint density at radius 3 is 2.31 bits per heavy atom. The minimum absolute atomic E-state index is 0.0877. The molecule has 2 atom stereocenters. The van der Waals surface area contributed by atoms with E-state index in [1.807, 2.05) is 24.3 Å². The van der Waals surface area contributed by atoms with Crippen LogP contribution >= 0.6 is 0 Å². The fraction of sp³-hybridized carbons (Fsp3) is 0.476. The average molecular weight is 374 g/mol. The number of Topliss-reactive ketones (excluding diaryl/α,β-unsaturated/α-hetero) is 1. The van der Waals surface area contributed by atoms with Gasteiger partial charge in [-0.25, -0.2) is 13.6 Å². The molecule has 0 aliphatic heterocycles. The third-order valence-corrected chi connectivity index (χ3v) is 7.06. The molecule has 0 radical (unpaired) electrons. The van der Waals surface area contributed by atoms with Crippen molar-refractivity contribution in [1.29, 1.82) is 0 Å². The van der Waals surface area contributed by atoms with Crippen molar-refractivity contribution >= 4 is 15.8 Å². The van der Waals surface area contributed by atoms with Crippen LogP contribution in [0.25, 0.3) is 0 Å². The van der Waals surface area contributed by atoms with Crippen molar-refractivity contribution in [3.8, 4) is 0 Å². The molecular formula is C21H27NO3S. The molecule has 1 saturated carbocycles. The Morgan fingerprint density at radius 2 is 1.77 bits per heavy atom. The zero-order valence-corrected chi connectivity index (χ0v) is 16.2. The number of allylic oxidation sites excluding steroid dienone is 2. The summed E-state index contributed by atoms with van der Waals surface area (Å²) in [5.41, 5.74) is 1.86. The van der Waals surface area contributed by atoms with Crippen molar-refractivity contribution in [2.45, 2.75) is 44.8 Å². The Hall–Kier alpha value is -1.72. The Kier molecular flexibility index (Phi) is 5.22. The van der Waals surface area contributed by atoms with Crippen LogP contribution < -0.4 is 5.14 Å². The highest BCUT2D eigenvalue weighted by molar-refractivity contribution is 7.90. The zero-order chi connectivity index (χ0) is 18.9. The first-order valence-corrected chi connectivity index (χ1v) is 10.8. The quantitative estimate of drug-likeness (QED) is 0.632. The van der Waals surface area contributed by atoms with E-state index in [4.69, 9.17) is 5.14 Å². The van der Waals surface area contributed by atoms with Gasteiger partial charge in [0.15, 0.2) is 5.78 Å². The molecule has 2 N–H and O–H groups in total. The maximum absolute atomic E-state index is 11.6. The van der Waals surface area contributed by atoms with Gasteiger partial charge in [-0.15, -0.1) is 0 Å². The number of primary sulfonamides is 1. The summed E-state index contributed by atoms with van der Waals surface area (Å²) >= 11 is 0. The van der Waals surface area contributed by atoms with E-state index < -0.39 is 15.3 Å². The Bertz CT molecular complexity index is 823. The predicted octanol–water partition coefficient (Wildman–Crippen LogP) is 3.64. The van der Waals surface area contributed by atoms with Gasteiger partial charge < -0.3 is 0 Å². The van der Waals surface area contributed by atoms with Gasteiger partial charge in [-0.05, 0) is 43.6 Å². The van der Waals surface area contributed by atoms with Crippen molar-refractivity contribution in [2.24, 2.45) is 22.4 Å². The number of ketones is 1. The van der Waals surface area contributed by atoms with Crippen molar-refractivity contribution < 1.29 is 13.2 Å². The van der Waals surface area contributed by atoms with Gasteiger partial charge in [0.25, 0.3) is 0 Å². The second kappa shape index (κ2) is 7.12. The second-order valence-corrected chi connectivity index (χ2v) is 9.61. The van der Waals surface area contributed by atoms with Gasteiger partial charge in [0.1, 0.15) is 5.25 Å². The minimum atomic E-state index is -3.57. The van der Waals surface area contributed by atoms with Gasteiger partial charge in [0.05, 0.1) is 0 Å². The van der Waals surface area contributed by atoms with Crippen LogP contribution in [0.4, 0.5) is 0 Å². The minimum Gasteiger partial charge on any atom is -0.295 e. The monoisotopic (exact) mass is 373 g/mol. The number of hydrogen-bond acceptors (Lipinski definition) is 3. The first-order chi connectivity index (χ1) is 12.2. The molecular weight excluding hydrogens is 346 g/mol. The van der Waals surface area contributed by atoms with Crippen molar-refractivity contribution in [3.63, 3.8) is 0 Å². The lowest BCUT2D eigenvalue weighted by atomic mass is 9.69. The zero-order valence-electron chi connectivity index (χ0n) is 15.4. The van der Waals surface area contributed by atoms with E-state index in [0.717, 1.165) is 18.4 Å². The maximum Gasteiger partial charge on any atom is 0.219 e. The standard InChI is InChI=1S/C21H27NO3S/c1-15(23)17-8-6-16(7-9-17)14-18-4-3-5-20(18)21(2)12-10-19(11-13-21)26(22,24)25/h6-13,18-20H,3-5,14H2,1-2H3,(H2,22,24,25)/t18?,19-,20?,21-. The predicted molar refractivity (Wildman–Crippen MR) is 104 cm³/mol. The fourth-order valence-electron chi connectivity index (χ4n) is 4.47. The molecule has 0 saturated heterocycles. The van der Waals surface area contributed by atoms with Crippen LogP contribution in [-0.2, 0) is 16.4 Å². The molecule has 0 bridgehead atoms. The van der Waals surface area contributed by atoms with E-state index in [1.165, 1.54) is 18.4 Å². The van der Waals surface area contributed by atoms with E-state index in [9.17, 15) is 13.2 Å². The van der Waals surface area contributed by atoms with E-state index in [1.54, 1.807) is 19.1 Å². The van der Waals surface area contributed by atoms with Crippen LogP contribution in [0, 0.1) is 17.3 Å². The Morgan fingerprint density at radius 1 is 1.15 bits per heavy atom. The van der Waals surface area contributed by atoms with Crippen LogP contribution in [0.15, 0.2) is 48.6 Å². The molecule has 1 fully saturated rings. The smallest absolute Gasteiger partial charge is 0.219 e. The number of nitrogens with two attached hydrogens (primary N) is 1. The molecule has 0 amide bonds. The number of carbonyl (C=O) groups is 1. The van der Waals surface area contributed by atoms with E-state index in [2.05, 4.69) is 19.1 Å². The van der Waals surface area contributed by atoms with Gasteiger partial charge in [0.2, 0.25) is 10.0 Å². The van der Waals surface area contributed by atoms with Crippen molar-refractivity contribution in [3.05, 3.63) is 59.7 Å². The Balaban J connectivity index is 1.74. The average Bonchev–Trinajstić information content (AvgIpc) is 3.04. The summed E-state index contributed by atoms with van der Waals surface area (Å²) in [6.07, 6.45) is 12.0. The summed E-state index contributed by atoms with van der Waals surface area (Å²) in [6, 6.07) is 7.91. The third kappa shape index (κ3) is 3.99. The second-order valence-electron chi connectivity index (χ2n) is 7.89. The third-order valence-electron chi connectivity index (χ3n) is 5.99. The van der Waals surface area contributed by atoms with Gasteiger partial charge in [-0.3, -0.25) is 4.79 Å². The molecule has 2 aliphatic rings. The highest BCUT2D eigenvalue weighted by atomic mass is 32.2. The first-order valence-electron chi connectivity index (χ1n) is 9.19. The molecule has 5 heteroatoms. The number of carbonyl (C=O) groups excluding carboxylic acids is 1. The topological polar surface area (TPSA) is 77.2 Å². The normalized spacial score (nSPS) is 31.3. The van der Waals surface area contributed by atoms with Gasteiger partial charge >= 0.3 is 0 Å². The summed E-state index contributed by atoms with van der Waals surface area (Å²) in [6.45, 7) is 3.76. The first kappa shape index (κ1) is 19.1. The number of benzene rings is 1. The summed E-state index contributed by atoms with van der Waals surface area (Å²) in [5, 5.41) is 4.55. The summed E-state index contributed by atoms with van der Waals surface area (Å²) in [7, 11) is -3.57. The van der Waals surface area contributed by atoms with E-state index in [-0.39, 0.29) is 11.2 Å². The van der Waals surface area contributed by atoms with Gasteiger partial charge in [-0.2, -0.15) is 0 Å². The SMILES string of the molecule is CC(=O)c1ccc(CC2CCCC2[C@]2(C)C=C[C@@H](S(N)(=O)=O)C=C2)cc1. The van der Waals surface area contributed by atoms with E-state index in [0.29, 0.717) is 11.8 Å². The molecule has 0 aromatic heterocycles. The molecule has 0 heterocycles. The highest BCUT2D eigenvalue weighted by Crippen LogP contribution is 2.48. The highest BCUT2D eigenvalue weighted by Gasteiger charge is 2.40. The van der Waals surface area contributed by atoms with Crippen LogP contribution in [0.5, 0.6) is 0 Å².